The molecule has 0 aliphatic carbocycles. The van der Waals surface area contributed by atoms with Crippen molar-refractivity contribution in [2.45, 2.75) is 31.6 Å². The monoisotopic (exact) mass is 298 g/mol. The zero-order chi connectivity index (χ0) is 15.4. The standard InChI is InChI=1S/C14H22N2O3S/c1-14(2,20(3,18)19)10-16-13(17)8-11-4-6-12(9-15)7-5-11/h4-7H,8-10,15H2,1-3H3,(H,16,17). The maximum absolute atomic E-state index is 11.8. The fourth-order valence-electron chi connectivity index (χ4n) is 1.48. The molecule has 1 rings (SSSR count). The van der Waals surface area contributed by atoms with Crippen LogP contribution in [-0.2, 0) is 27.6 Å². The highest BCUT2D eigenvalue weighted by molar-refractivity contribution is 7.92. The van der Waals surface area contributed by atoms with Crippen molar-refractivity contribution in [3.8, 4) is 0 Å². The first-order valence-corrected chi connectivity index (χ1v) is 8.29. The fraction of sp³-hybridized carbons (Fsp3) is 0.500. The van der Waals surface area contributed by atoms with Crippen LogP contribution in [0, 0.1) is 0 Å². The molecule has 20 heavy (non-hydrogen) atoms. The lowest BCUT2D eigenvalue weighted by Gasteiger charge is -2.22. The molecule has 0 unspecified atom stereocenters. The van der Waals surface area contributed by atoms with Crippen LogP contribution in [0.5, 0.6) is 0 Å². The SMILES string of the molecule is CC(C)(CNC(=O)Cc1ccc(CN)cc1)S(C)(=O)=O. The Balaban J connectivity index is 2.56. The number of benzene rings is 1. The fourth-order valence-corrected chi connectivity index (χ4v) is 1.82. The summed E-state index contributed by atoms with van der Waals surface area (Å²) in [6.07, 6.45) is 1.40. The van der Waals surface area contributed by atoms with Gasteiger partial charge in [-0.1, -0.05) is 24.3 Å². The third kappa shape index (κ3) is 4.61. The molecule has 0 saturated carbocycles. The summed E-state index contributed by atoms with van der Waals surface area (Å²) in [4.78, 5) is 11.8. The van der Waals surface area contributed by atoms with Crippen molar-refractivity contribution >= 4 is 15.7 Å². The molecule has 0 spiro atoms. The molecule has 0 saturated heterocycles. The van der Waals surface area contributed by atoms with Gasteiger partial charge in [0.1, 0.15) is 0 Å². The van der Waals surface area contributed by atoms with Crippen LogP contribution in [0.4, 0.5) is 0 Å². The summed E-state index contributed by atoms with van der Waals surface area (Å²) in [5.74, 6) is -0.192. The Morgan fingerprint density at radius 1 is 1.20 bits per heavy atom. The number of rotatable bonds is 6. The summed E-state index contributed by atoms with van der Waals surface area (Å²) in [6.45, 7) is 3.76. The summed E-state index contributed by atoms with van der Waals surface area (Å²) in [5, 5.41) is 2.66. The van der Waals surface area contributed by atoms with E-state index in [-0.39, 0.29) is 18.9 Å². The van der Waals surface area contributed by atoms with Gasteiger partial charge in [0.2, 0.25) is 5.91 Å². The maximum atomic E-state index is 11.8. The Labute approximate surface area is 120 Å². The minimum atomic E-state index is -3.21. The molecular formula is C14H22N2O3S. The first-order valence-electron chi connectivity index (χ1n) is 6.40. The molecule has 1 aromatic rings. The van der Waals surface area contributed by atoms with Gasteiger partial charge in [0.25, 0.3) is 0 Å². The van der Waals surface area contributed by atoms with Gasteiger partial charge in [-0.15, -0.1) is 0 Å². The molecule has 1 aromatic carbocycles. The van der Waals surface area contributed by atoms with Crippen molar-refractivity contribution < 1.29 is 13.2 Å². The summed E-state index contributed by atoms with van der Waals surface area (Å²) >= 11 is 0. The number of nitrogens with two attached hydrogens (primary N) is 1. The first kappa shape index (κ1) is 16.7. The molecule has 0 heterocycles. The minimum absolute atomic E-state index is 0.103. The van der Waals surface area contributed by atoms with Crippen molar-refractivity contribution in [2.75, 3.05) is 12.8 Å². The lowest BCUT2D eigenvalue weighted by atomic mass is 10.1. The first-order chi connectivity index (χ1) is 9.15. The van der Waals surface area contributed by atoms with E-state index in [2.05, 4.69) is 5.32 Å². The third-order valence-corrected chi connectivity index (χ3v) is 5.49. The van der Waals surface area contributed by atoms with E-state index in [1.807, 2.05) is 24.3 Å². The number of carbonyl (C=O) groups is 1. The Morgan fingerprint density at radius 2 is 1.70 bits per heavy atom. The smallest absolute Gasteiger partial charge is 0.224 e. The lowest BCUT2D eigenvalue weighted by molar-refractivity contribution is -0.120. The van der Waals surface area contributed by atoms with Gasteiger partial charge in [-0.05, 0) is 25.0 Å². The number of hydrogen-bond donors (Lipinski definition) is 2. The molecule has 6 heteroatoms. The molecular weight excluding hydrogens is 276 g/mol. The number of amides is 1. The molecule has 0 aliphatic heterocycles. The highest BCUT2D eigenvalue weighted by Gasteiger charge is 2.30. The molecule has 0 bridgehead atoms. The molecule has 0 aliphatic rings. The van der Waals surface area contributed by atoms with Crippen molar-refractivity contribution in [3.05, 3.63) is 35.4 Å². The summed E-state index contributed by atoms with van der Waals surface area (Å²) in [5.41, 5.74) is 7.38. The average molecular weight is 298 g/mol. The zero-order valence-corrected chi connectivity index (χ0v) is 13.0. The van der Waals surface area contributed by atoms with Gasteiger partial charge in [-0.3, -0.25) is 4.79 Å². The molecule has 5 nitrogen and oxygen atoms in total. The van der Waals surface area contributed by atoms with E-state index in [0.717, 1.165) is 11.1 Å². The predicted octanol–water partition coefficient (Wildman–Crippen LogP) is 0.627. The Kier molecular flexibility index (Phi) is 5.30. The quantitative estimate of drug-likeness (QED) is 0.806. The number of nitrogens with one attached hydrogen (secondary N) is 1. The van der Waals surface area contributed by atoms with Crippen molar-refractivity contribution in [3.63, 3.8) is 0 Å². The summed E-state index contributed by atoms with van der Waals surface area (Å²) in [6, 6.07) is 7.46. The molecule has 0 fully saturated rings. The molecule has 0 atom stereocenters. The van der Waals surface area contributed by atoms with Crippen LogP contribution in [-0.4, -0.2) is 31.9 Å². The van der Waals surface area contributed by atoms with E-state index < -0.39 is 14.6 Å². The molecule has 0 radical (unpaired) electrons. The van der Waals surface area contributed by atoms with Crippen LogP contribution in [0.2, 0.25) is 0 Å². The Morgan fingerprint density at radius 3 is 2.15 bits per heavy atom. The van der Waals surface area contributed by atoms with Gasteiger partial charge in [0, 0.05) is 19.3 Å². The van der Waals surface area contributed by atoms with Crippen LogP contribution >= 0.6 is 0 Å². The number of carbonyl (C=O) groups excluding carboxylic acids is 1. The van der Waals surface area contributed by atoms with E-state index in [1.54, 1.807) is 13.8 Å². The highest BCUT2D eigenvalue weighted by atomic mass is 32.2. The largest absolute Gasteiger partial charge is 0.354 e. The van der Waals surface area contributed by atoms with Crippen molar-refractivity contribution in [2.24, 2.45) is 5.73 Å². The van der Waals surface area contributed by atoms with Crippen LogP contribution in [0.25, 0.3) is 0 Å². The van der Waals surface area contributed by atoms with Crippen molar-refractivity contribution in [1.29, 1.82) is 0 Å². The maximum Gasteiger partial charge on any atom is 0.224 e. The second-order valence-corrected chi connectivity index (χ2v) is 8.16. The average Bonchev–Trinajstić information content (AvgIpc) is 2.36. The Bertz CT molecular complexity index is 563. The summed E-state index contributed by atoms with van der Waals surface area (Å²) < 4.78 is 22.1. The van der Waals surface area contributed by atoms with Crippen LogP contribution in [0.15, 0.2) is 24.3 Å². The molecule has 112 valence electrons. The van der Waals surface area contributed by atoms with Crippen LogP contribution < -0.4 is 11.1 Å². The van der Waals surface area contributed by atoms with Gasteiger partial charge in [0.15, 0.2) is 9.84 Å². The van der Waals surface area contributed by atoms with Gasteiger partial charge in [-0.25, -0.2) is 8.42 Å². The number of sulfone groups is 1. The van der Waals surface area contributed by atoms with Crippen LogP contribution in [0.1, 0.15) is 25.0 Å². The zero-order valence-electron chi connectivity index (χ0n) is 12.1. The highest BCUT2D eigenvalue weighted by Crippen LogP contribution is 2.13. The second-order valence-electron chi connectivity index (χ2n) is 5.51. The van der Waals surface area contributed by atoms with Crippen LogP contribution in [0.3, 0.4) is 0 Å². The van der Waals surface area contributed by atoms with Gasteiger partial charge < -0.3 is 11.1 Å². The van der Waals surface area contributed by atoms with E-state index in [1.165, 1.54) is 6.26 Å². The second kappa shape index (κ2) is 6.37. The normalized spacial score (nSPS) is 12.2. The third-order valence-electron chi connectivity index (χ3n) is 3.34. The Hall–Kier alpha value is -1.40. The van der Waals surface area contributed by atoms with E-state index in [9.17, 15) is 13.2 Å². The molecule has 1 amide bonds. The predicted molar refractivity (Wildman–Crippen MR) is 80.0 cm³/mol. The van der Waals surface area contributed by atoms with Crippen molar-refractivity contribution in [1.82, 2.24) is 5.32 Å². The van der Waals surface area contributed by atoms with Gasteiger partial charge in [-0.2, -0.15) is 0 Å². The van der Waals surface area contributed by atoms with E-state index in [0.29, 0.717) is 6.54 Å². The summed E-state index contributed by atoms with van der Waals surface area (Å²) in [7, 11) is -3.21. The van der Waals surface area contributed by atoms with Gasteiger partial charge in [0.05, 0.1) is 11.2 Å². The molecule has 0 aromatic heterocycles. The van der Waals surface area contributed by atoms with E-state index >= 15 is 0 Å². The topological polar surface area (TPSA) is 89.3 Å². The molecule has 3 N–H and O–H groups in total. The minimum Gasteiger partial charge on any atom is -0.354 e. The lowest BCUT2D eigenvalue weighted by Crippen LogP contribution is -2.44. The van der Waals surface area contributed by atoms with Gasteiger partial charge >= 0.3 is 0 Å². The number of hydrogen-bond acceptors (Lipinski definition) is 4. The van der Waals surface area contributed by atoms with E-state index in [4.69, 9.17) is 5.73 Å².